The number of hydrogen-bond acceptors (Lipinski definition) is 2. The third kappa shape index (κ3) is 7.59. The van der Waals surface area contributed by atoms with Crippen LogP contribution < -0.4 is 0 Å². The second-order valence-corrected chi connectivity index (χ2v) is 10.7. The molecule has 186 valence electrons. The molecule has 3 nitrogen and oxygen atoms in total. The zero-order valence-electron chi connectivity index (χ0n) is 20.6. The maximum Gasteiger partial charge on any atom is 0.416 e. The molecule has 2 aromatic rings. The van der Waals surface area contributed by atoms with Crippen molar-refractivity contribution < 1.29 is 27.2 Å². The van der Waals surface area contributed by atoms with Gasteiger partial charge < -0.3 is 9.22 Å². The van der Waals surface area contributed by atoms with Gasteiger partial charge in [0.05, 0.1) is 19.7 Å². The molecule has 0 N–H and O–H groups in total. The van der Waals surface area contributed by atoms with Gasteiger partial charge in [-0.3, -0.25) is 0 Å². The van der Waals surface area contributed by atoms with Crippen LogP contribution in [0.25, 0.3) is 0 Å². The van der Waals surface area contributed by atoms with Gasteiger partial charge in [0.15, 0.2) is 6.54 Å². The summed E-state index contributed by atoms with van der Waals surface area (Å²) >= 11 is 0. The first-order valence-electron chi connectivity index (χ1n) is 12.1. The summed E-state index contributed by atoms with van der Waals surface area (Å²) in [4.78, 5) is 13.0. The van der Waals surface area contributed by atoms with Crippen molar-refractivity contribution in [2.45, 2.75) is 58.4 Å². The van der Waals surface area contributed by atoms with Crippen molar-refractivity contribution in [2.24, 2.45) is 17.8 Å². The summed E-state index contributed by atoms with van der Waals surface area (Å²) in [6.45, 7) is 4.86. The Labute approximate surface area is 201 Å². The van der Waals surface area contributed by atoms with E-state index in [0.29, 0.717) is 29.9 Å². The van der Waals surface area contributed by atoms with Crippen LogP contribution in [0.4, 0.5) is 13.2 Å². The van der Waals surface area contributed by atoms with Crippen LogP contribution in [0.2, 0.25) is 0 Å². The molecule has 0 radical (unpaired) electrons. The molecular formula is C28H37F3NO2+. The van der Waals surface area contributed by atoms with Gasteiger partial charge in [-0.2, -0.15) is 13.2 Å². The van der Waals surface area contributed by atoms with Crippen LogP contribution in [-0.4, -0.2) is 37.2 Å². The molecule has 4 atom stereocenters. The highest BCUT2D eigenvalue weighted by Gasteiger charge is 2.36. The summed E-state index contributed by atoms with van der Waals surface area (Å²) in [5, 5.41) is 0. The fourth-order valence-corrected chi connectivity index (χ4v) is 5.23. The molecule has 2 aromatic carbocycles. The zero-order chi connectivity index (χ0) is 24.9. The molecule has 0 aromatic heterocycles. The maximum absolute atomic E-state index is 13.1. The number of likely N-dealkylation sites (N-methyl/N-ethyl adjacent to an activating group) is 1. The van der Waals surface area contributed by atoms with E-state index in [1.165, 1.54) is 11.6 Å². The van der Waals surface area contributed by atoms with E-state index in [1.807, 2.05) is 32.3 Å². The molecule has 0 aliphatic heterocycles. The fraction of sp³-hybridized carbons (Fsp3) is 0.536. The minimum absolute atomic E-state index is 0.112. The van der Waals surface area contributed by atoms with E-state index in [-0.39, 0.29) is 23.1 Å². The second-order valence-electron chi connectivity index (χ2n) is 10.7. The lowest BCUT2D eigenvalue weighted by Crippen LogP contribution is -2.46. The van der Waals surface area contributed by atoms with Crippen molar-refractivity contribution >= 4 is 5.97 Å². The van der Waals surface area contributed by atoms with E-state index in [1.54, 1.807) is 6.07 Å². The van der Waals surface area contributed by atoms with Crippen LogP contribution in [0.3, 0.4) is 0 Å². The van der Waals surface area contributed by atoms with Gasteiger partial charge in [0.25, 0.3) is 0 Å². The number of hydrogen-bond donors (Lipinski definition) is 0. The Morgan fingerprint density at radius 3 is 2.41 bits per heavy atom. The highest BCUT2D eigenvalue weighted by atomic mass is 19.4. The van der Waals surface area contributed by atoms with Gasteiger partial charge >= 0.3 is 12.1 Å². The molecule has 0 bridgehead atoms. The number of quaternary nitrogens is 1. The summed E-state index contributed by atoms with van der Waals surface area (Å²) < 4.78 is 45.5. The lowest BCUT2D eigenvalue weighted by Gasteiger charge is -2.38. The van der Waals surface area contributed by atoms with Gasteiger partial charge in [-0.25, -0.2) is 4.79 Å². The van der Waals surface area contributed by atoms with Crippen molar-refractivity contribution in [3.63, 3.8) is 0 Å². The van der Waals surface area contributed by atoms with Crippen molar-refractivity contribution in [1.82, 2.24) is 0 Å². The molecule has 1 fully saturated rings. The molecule has 0 saturated heterocycles. The average molecular weight is 477 g/mol. The van der Waals surface area contributed by atoms with Gasteiger partial charge in [-0.05, 0) is 54.7 Å². The first-order chi connectivity index (χ1) is 15.9. The number of nitrogens with zero attached hydrogens (tertiary/aromatic N) is 1. The van der Waals surface area contributed by atoms with Crippen LogP contribution in [0.5, 0.6) is 0 Å². The quantitative estimate of drug-likeness (QED) is 0.321. The Morgan fingerprint density at radius 1 is 1.06 bits per heavy atom. The fourth-order valence-electron chi connectivity index (χ4n) is 5.23. The Hall–Kier alpha value is -2.34. The van der Waals surface area contributed by atoms with Gasteiger partial charge in [0.2, 0.25) is 0 Å². The number of carbonyl (C=O) groups is 1. The minimum atomic E-state index is -4.38. The van der Waals surface area contributed by atoms with Crippen LogP contribution >= 0.6 is 0 Å². The Kier molecular flexibility index (Phi) is 8.45. The van der Waals surface area contributed by atoms with E-state index in [9.17, 15) is 18.0 Å². The molecular weight excluding hydrogens is 439 g/mol. The lowest BCUT2D eigenvalue weighted by atomic mass is 9.73. The van der Waals surface area contributed by atoms with E-state index in [4.69, 9.17) is 4.74 Å². The summed E-state index contributed by atoms with van der Waals surface area (Å²) in [6, 6.07) is 15.7. The SMILES string of the molecule is CC(Cc1ccccc1)[C@@H]1CC[C@@H](C)C[C@H]1OC(=O)C[N+](C)(C)Cc1cccc(C(F)(F)F)c1. The lowest BCUT2D eigenvalue weighted by molar-refractivity contribution is -0.896. The summed E-state index contributed by atoms with van der Waals surface area (Å²) in [6.07, 6.45) is -0.523. The molecule has 0 heterocycles. The van der Waals surface area contributed by atoms with E-state index in [0.717, 1.165) is 37.8 Å². The molecule has 1 unspecified atom stereocenters. The molecule has 1 aliphatic rings. The van der Waals surface area contributed by atoms with E-state index >= 15 is 0 Å². The van der Waals surface area contributed by atoms with Crippen LogP contribution in [0.1, 0.15) is 49.8 Å². The van der Waals surface area contributed by atoms with Crippen molar-refractivity contribution in [3.8, 4) is 0 Å². The second kappa shape index (κ2) is 10.9. The molecule has 1 saturated carbocycles. The van der Waals surface area contributed by atoms with Gasteiger partial charge in [0.1, 0.15) is 12.6 Å². The predicted octanol–water partition coefficient (Wildman–Crippen LogP) is 6.51. The first-order valence-corrected chi connectivity index (χ1v) is 12.1. The highest BCUT2D eigenvalue weighted by molar-refractivity contribution is 5.70. The summed E-state index contributed by atoms with van der Waals surface area (Å²) in [7, 11) is 3.70. The Bertz CT molecular complexity index is 942. The van der Waals surface area contributed by atoms with Crippen LogP contribution in [0, 0.1) is 17.8 Å². The molecule has 34 heavy (non-hydrogen) atoms. The largest absolute Gasteiger partial charge is 0.458 e. The van der Waals surface area contributed by atoms with Crippen molar-refractivity contribution in [1.29, 1.82) is 0 Å². The number of esters is 1. The van der Waals surface area contributed by atoms with Crippen LogP contribution in [0.15, 0.2) is 54.6 Å². The Morgan fingerprint density at radius 2 is 1.74 bits per heavy atom. The van der Waals surface area contributed by atoms with Gasteiger partial charge in [0, 0.05) is 5.56 Å². The molecule has 6 heteroatoms. The van der Waals surface area contributed by atoms with Crippen molar-refractivity contribution in [3.05, 3.63) is 71.3 Å². The third-order valence-corrected chi connectivity index (χ3v) is 6.94. The molecule has 0 amide bonds. The molecule has 1 aliphatic carbocycles. The monoisotopic (exact) mass is 476 g/mol. The molecule has 3 rings (SSSR count). The van der Waals surface area contributed by atoms with E-state index < -0.39 is 11.7 Å². The minimum Gasteiger partial charge on any atom is -0.458 e. The standard InChI is InChI=1S/C28H37F3NO2/c1-20-13-14-25(21(2)16-22-9-6-5-7-10-22)26(15-20)34-27(33)19-32(3,4)18-23-11-8-12-24(17-23)28(29,30)31/h5-12,17,20-21,25-26H,13-16,18-19H2,1-4H3/q+1/t20-,21?,25+,26-/m1/s1. The average Bonchev–Trinajstić information content (AvgIpc) is 2.73. The smallest absolute Gasteiger partial charge is 0.416 e. The van der Waals surface area contributed by atoms with Crippen molar-refractivity contribution in [2.75, 3.05) is 20.6 Å². The summed E-state index contributed by atoms with van der Waals surface area (Å²) in [5.74, 6) is 0.915. The number of ether oxygens (including phenoxy) is 1. The predicted molar refractivity (Wildman–Crippen MR) is 128 cm³/mol. The highest BCUT2D eigenvalue weighted by Crippen LogP contribution is 2.37. The number of halogens is 3. The number of benzene rings is 2. The van der Waals surface area contributed by atoms with E-state index in [2.05, 4.69) is 26.0 Å². The number of rotatable bonds is 8. The number of carbonyl (C=O) groups excluding carboxylic acids is 1. The maximum atomic E-state index is 13.1. The Balaban J connectivity index is 1.62. The zero-order valence-corrected chi connectivity index (χ0v) is 20.6. The van der Waals surface area contributed by atoms with Crippen LogP contribution in [-0.2, 0) is 28.7 Å². The first kappa shape index (κ1) is 26.3. The third-order valence-electron chi connectivity index (χ3n) is 6.94. The topological polar surface area (TPSA) is 26.3 Å². The normalized spacial score (nSPS) is 22.3. The van der Waals surface area contributed by atoms with Gasteiger partial charge in [-0.1, -0.05) is 62.7 Å². The molecule has 0 spiro atoms. The number of alkyl halides is 3. The summed E-state index contributed by atoms with van der Waals surface area (Å²) in [5.41, 5.74) is 1.17. The van der Waals surface area contributed by atoms with Gasteiger partial charge in [-0.15, -0.1) is 0 Å².